The summed E-state index contributed by atoms with van der Waals surface area (Å²) in [5, 5.41) is 14.9. The van der Waals surface area contributed by atoms with E-state index in [1.807, 2.05) is 26.8 Å². The molecule has 2 aromatic rings. The van der Waals surface area contributed by atoms with Crippen molar-refractivity contribution in [3.8, 4) is 0 Å². The predicted octanol–water partition coefficient (Wildman–Crippen LogP) is 3.67. The van der Waals surface area contributed by atoms with E-state index in [1.54, 1.807) is 17.5 Å². The van der Waals surface area contributed by atoms with Crippen LogP contribution in [0.15, 0.2) is 23.7 Å². The number of hydrogen-bond donors (Lipinski definition) is 3. The van der Waals surface area contributed by atoms with E-state index in [9.17, 15) is 4.79 Å². The van der Waals surface area contributed by atoms with Crippen molar-refractivity contribution in [2.75, 3.05) is 5.32 Å². The van der Waals surface area contributed by atoms with Crippen LogP contribution in [0, 0.1) is 0 Å². The summed E-state index contributed by atoms with van der Waals surface area (Å²) in [5.41, 5.74) is 0.352. The minimum atomic E-state index is -0.532. The molecule has 22 heavy (non-hydrogen) atoms. The summed E-state index contributed by atoms with van der Waals surface area (Å²) in [7, 11) is 0. The standard InChI is InChI=1S/C15H22N4O2S/c1-10(12-6-5-7-22-12)16-8-11-9-17-19-13(11)18-14(20)21-15(2,3)4/h5-7,9-10,16H,8H2,1-4H3,(H2,17,18,19,20). The van der Waals surface area contributed by atoms with Crippen LogP contribution < -0.4 is 10.6 Å². The molecule has 2 rings (SSSR count). The molecule has 0 aliphatic carbocycles. The third kappa shape index (κ3) is 4.85. The van der Waals surface area contributed by atoms with E-state index in [4.69, 9.17) is 4.74 Å². The SMILES string of the molecule is CC(NCc1cn[nH]c1NC(=O)OC(C)(C)C)c1cccs1. The Bertz CT molecular complexity index is 601. The summed E-state index contributed by atoms with van der Waals surface area (Å²) >= 11 is 1.71. The van der Waals surface area contributed by atoms with Gasteiger partial charge in [0.1, 0.15) is 11.4 Å². The fourth-order valence-electron chi connectivity index (χ4n) is 1.86. The molecular formula is C15H22N4O2S. The minimum Gasteiger partial charge on any atom is -0.444 e. The number of aromatic nitrogens is 2. The maximum Gasteiger partial charge on any atom is 0.413 e. The van der Waals surface area contributed by atoms with Crippen molar-refractivity contribution in [3.63, 3.8) is 0 Å². The number of rotatable bonds is 5. The molecule has 2 heterocycles. The van der Waals surface area contributed by atoms with E-state index in [2.05, 4.69) is 39.2 Å². The molecule has 0 bridgehead atoms. The molecule has 1 unspecified atom stereocenters. The summed E-state index contributed by atoms with van der Waals surface area (Å²) in [6.45, 7) is 8.17. The summed E-state index contributed by atoms with van der Waals surface area (Å²) in [4.78, 5) is 13.1. The van der Waals surface area contributed by atoms with E-state index in [0.29, 0.717) is 12.4 Å². The lowest BCUT2D eigenvalue weighted by atomic mass is 10.2. The predicted molar refractivity (Wildman–Crippen MR) is 88.0 cm³/mol. The molecule has 6 nitrogen and oxygen atoms in total. The number of aromatic amines is 1. The molecule has 0 aromatic carbocycles. The number of anilines is 1. The van der Waals surface area contributed by atoms with Gasteiger partial charge < -0.3 is 10.1 Å². The Labute approximate surface area is 134 Å². The molecule has 0 fully saturated rings. The normalized spacial score (nSPS) is 12.9. The molecule has 7 heteroatoms. The number of thiophene rings is 1. The van der Waals surface area contributed by atoms with Crippen LogP contribution >= 0.6 is 11.3 Å². The van der Waals surface area contributed by atoms with Gasteiger partial charge in [0.05, 0.1) is 6.20 Å². The molecule has 0 radical (unpaired) electrons. The Morgan fingerprint density at radius 1 is 1.50 bits per heavy atom. The third-order valence-electron chi connectivity index (χ3n) is 2.91. The van der Waals surface area contributed by atoms with Crippen molar-refractivity contribution >= 4 is 23.2 Å². The second-order valence-corrected chi connectivity index (χ2v) is 6.99. The number of nitrogens with one attached hydrogen (secondary N) is 3. The van der Waals surface area contributed by atoms with Gasteiger partial charge in [-0.3, -0.25) is 10.4 Å². The van der Waals surface area contributed by atoms with Gasteiger partial charge in [-0.05, 0) is 39.1 Å². The van der Waals surface area contributed by atoms with E-state index < -0.39 is 11.7 Å². The average molecular weight is 322 g/mol. The minimum absolute atomic E-state index is 0.240. The Morgan fingerprint density at radius 2 is 2.27 bits per heavy atom. The van der Waals surface area contributed by atoms with Gasteiger partial charge in [-0.1, -0.05) is 6.07 Å². The maximum absolute atomic E-state index is 11.8. The lowest BCUT2D eigenvalue weighted by Crippen LogP contribution is -2.28. The summed E-state index contributed by atoms with van der Waals surface area (Å²) in [6, 6.07) is 4.37. The number of ether oxygens (including phenoxy) is 1. The first-order valence-electron chi connectivity index (χ1n) is 7.14. The summed E-state index contributed by atoms with van der Waals surface area (Å²) in [6.07, 6.45) is 1.20. The Kier molecular flexibility index (Phi) is 5.20. The van der Waals surface area contributed by atoms with Crippen molar-refractivity contribution in [3.05, 3.63) is 34.2 Å². The molecule has 2 aromatic heterocycles. The van der Waals surface area contributed by atoms with Gasteiger partial charge in [0.2, 0.25) is 0 Å². The Morgan fingerprint density at radius 3 is 2.91 bits per heavy atom. The fraction of sp³-hybridized carbons (Fsp3) is 0.467. The monoisotopic (exact) mass is 322 g/mol. The first-order chi connectivity index (χ1) is 10.3. The number of carbonyl (C=O) groups is 1. The van der Waals surface area contributed by atoms with Crippen LogP contribution in [0.4, 0.5) is 10.6 Å². The van der Waals surface area contributed by atoms with E-state index in [0.717, 1.165) is 5.56 Å². The largest absolute Gasteiger partial charge is 0.444 e. The van der Waals surface area contributed by atoms with Gasteiger partial charge in [0.25, 0.3) is 0 Å². The zero-order valence-electron chi connectivity index (χ0n) is 13.3. The van der Waals surface area contributed by atoms with Gasteiger partial charge in [0, 0.05) is 23.0 Å². The number of carbonyl (C=O) groups excluding carboxylic acids is 1. The molecular weight excluding hydrogens is 300 g/mol. The maximum atomic E-state index is 11.8. The highest BCUT2D eigenvalue weighted by Gasteiger charge is 2.18. The lowest BCUT2D eigenvalue weighted by Gasteiger charge is -2.19. The van der Waals surface area contributed by atoms with E-state index in [-0.39, 0.29) is 6.04 Å². The summed E-state index contributed by atoms with van der Waals surface area (Å²) < 4.78 is 5.23. The molecule has 0 spiro atoms. The fourth-order valence-corrected chi connectivity index (χ4v) is 2.62. The zero-order valence-corrected chi connectivity index (χ0v) is 14.1. The smallest absolute Gasteiger partial charge is 0.413 e. The second-order valence-electron chi connectivity index (χ2n) is 6.02. The highest BCUT2D eigenvalue weighted by Crippen LogP contribution is 2.20. The summed E-state index contributed by atoms with van der Waals surface area (Å²) in [5.74, 6) is 0.556. The molecule has 0 aliphatic rings. The van der Waals surface area contributed by atoms with Crippen LogP contribution in [-0.2, 0) is 11.3 Å². The van der Waals surface area contributed by atoms with Crippen LogP contribution in [0.1, 0.15) is 44.2 Å². The highest BCUT2D eigenvalue weighted by molar-refractivity contribution is 7.10. The van der Waals surface area contributed by atoms with Gasteiger partial charge in [-0.2, -0.15) is 5.10 Å². The zero-order chi connectivity index (χ0) is 16.2. The quantitative estimate of drug-likeness (QED) is 0.785. The topological polar surface area (TPSA) is 79.0 Å². The van der Waals surface area contributed by atoms with Crippen molar-refractivity contribution in [1.29, 1.82) is 0 Å². The Balaban J connectivity index is 1.91. The van der Waals surface area contributed by atoms with Crippen LogP contribution in [0.2, 0.25) is 0 Å². The number of nitrogens with zero attached hydrogens (tertiary/aromatic N) is 1. The van der Waals surface area contributed by atoms with Gasteiger partial charge in [0.15, 0.2) is 0 Å². The number of hydrogen-bond acceptors (Lipinski definition) is 5. The van der Waals surface area contributed by atoms with Gasteiger partial charge >= 0.3 is 6.09 Å². The average Bonchev–Trinajstić information content (AvgIpc) is 3.04. The van der Waals surface area contributed by atoms with E-state index in [1.165, 1.54) is 4.88 Å². The first kappa shape index (κ1) is 16.5. The number of H-pyrrole nitrogens is 1. The first-order valence-corrected chi connectivity index (χ1v) is 8.02. The van der Waals surface area contributed by atoms with Crippen LogP contribution in [0.25, 0.3) is 0 Å². The molecule has 120 valence electrons. The molecule has 0 saturated heterocycles. The highest BCUT2D eigenvalue weighted by atomic mass is 32.1. The van der Waals surface area contributed by atoms with Crippen molar-refractivity contribution in [2.24, 2.45) is 0 Å². The molecule has 0 aliphatic heterocycles. The molecule has 0 saturated carbocycles. The van der Waals surface area contributed by atoms with Crippen LogP contribution in [0.5, 0.6) is 0 Å². The lowest BCUT2D eigenvalue weighted by molar-refractivity contribution is 0.0635. The Hall–Kier alpha value is -1.86. The van der Waals surface area contributed by atoms with Gasteiger partial charge in [-0.15, -0.1) is 11.3 Å². The molecule has 1 amide bonds. The molecule has 3 N–H and O–H groups in total. The van der Waals surface area contributed by atoms with Gasteiger partial charge in [-0.25, -0.2) is 4.79 Å². The third-order valence-corrected chi connectivity index (χ3v) is 3.97. The van der Waals surface area contributed by atoms with Crippen molar-refractivity contribution in [2.45, 2.75) is 45.9 Å². The van der Waals surface area contributed by atoms with E-state index >= 15 is 0 Å². The van der Waals surface area contributed by atoms with Crippen LogP contribution in [-0.4, -0.2) is 21.9 Å². The molecule has 1 atom stereocenters. The number of amides is 1. The van der Waals surface area contributed by atoms with Crippen LogP contribution in [0.3, 0.4) is 0 Å². The van der Waals surface area contributed by atoms with Crippen molar-refractivity contribution in [1.82, 2.24) is 15.5 Å². The van der Waals surface area contributed by atoms with Crippen molar-refractivity contribution < 1.29 is 9.53 Å². The second kappa shape index (κ2) is 6.93.